The smallest absolute Gasteiger partial charge is 0.228 e. The standard InChI is InChI=1S/C18H21N3O/c1-2-15-5-6-17(21(14-22)20-11-3-4-12-20)13-18(15)16-7-9-19-10-8-16/h5-10,13-14H,2-4,11-12H2,1H3. The summed E-state index contributed by atoms with van der Waals surface area (Å²) in [5.41, 5.74) is 4.53. The Kier molecular flexibility index (Phi) is 4.49. The van der Waals surface area contributed by atoms with E-state index in [1.54, 1.807) is 17.4 Å². The molecule has 0 atom stereocenters. The van der Waals surface area contributed by atoms with Crippen LogP contribution < -0.4 is 5.01 Å². The molecule has 2 heterocycles. The average molecular weight is 295 g/mol. The van der Waals surface area contributed by atoms with Crippen LogP contribution in [-0.2, 0) is 11.2 Å². The van der Waals surface area contributed by atoms with Crippen molar-refractivity contribution in [3.63, 3.8) is 0 Å². The van der Waals surface area contributed by atoms with Gasteiger partial charge in [-0.15, -0.1) is 0 Å². The second-order valence-corrected chi connectivity index (χ2v) is 5.54. The van der Waals surface area contributed by atoms with Gasteiger partial charge in [-0.25, -0.2) is 10.0 Å². The number of benzene rings is 1. The van der Waals surface area contributed by atoms with E-state index >= 15 is 0 Å². The van der Waals surface area contributed by atoms with Crippen LogP contribution >= 0.6 is 0 Å². The third kappa shape index (κ3) is 2.88. The summed E-state index contributed by atoms with van der Waals surface area (Å²) in [6, 6.07) is 10.3. The summed E-state index contributed by atoms with van der Waals surface area (Å²) in [7, 11) is 0. The largest absolute Gasteiger partial charge is 0.277 e. The summed E-state index contributed by atoms with van der Waals surface area (Å²) in [5, 5.41) is 3.86. The van der Waals surface area contributed by atoms with Gasteiger partial charge in [-0.3, -0.25) is 9.78 Å². The zero-order valence-corrected chi connectivity index (χ0v) is 12.9. The van der Waals surface area contributed by atoms with Gasteiger partial charge in [-0.1, -0.05) is 13.0 Å². The van der Waals surface area contributed by atoms with Crippen LogP contribution in [0.1, 0.15) is 25.3 Å². The number of hydrazine groups is 1. The Bertz CT molecular complexity index is 636. The van der Waals surface area contributed by atoms with Crippen LogP contribution in [0.4, 0.5) is 5.69 Å². The molecule has 0 spiro atoms. The molecule has 0 unspecified atom stereocenters. The van der Waals surface area contributed by atoms with Gasteiger partial charge >= 0.3 is 0 Å². The molecular formula is C18H21N3O. The first-order chi connectivity index (χ1) is 10.8. The van der Waals surface area contributed by atoms with E-state index in [-0.39, 0.29) is 0 Å². The summed E-state index contributed by atoms with van der Waals surface area (Å²) < 4.78 is 0. The maximum Gasteiger partial charge on any atom is 0.228 e. The van der Waals surface area contributed by atoms with Crippen molar-refractivity contribution in [3.05, 3.63) is 48.3 Å². The van der Waals surface area contributed by atoms with Crippen molar-refractivity contribution < 1.29 is 4.79 Å². The predicted molar refractivity (Wildman–Crippen MR) is 88.4 cm³/mol. The Labute approximate surface area is 131 Å². The van der Waals surface area contributed by atoms with Crippen LogP contribution in [0.2, 0.25) is 0 Å². The van der Waals surface area contributed by atoms with E-state index < -0.39 is 0 Å². The Morgan fingerprint density at radius 1 is 1.18 bits per heavy atom. The highest BCUT2D eigenvalue weighted by Gasteiger charge is 2.20. The summed E-state index contributed by atoms with van der Waals surface area (Å²) in [6.07, 6.45) is 7.79. The van der Waals surface area contributed by atoms with Crippen molar-refractivity contribution in [2.24, 2.45) is 0 Å². The average Bonchev–Trinajstić information content (AvgIpc) is 3.10. The van der Waals surface area contributed by atoms with Crippen LogP contribution in [0, 0.1) is 0 Å². The fourth-order valence-corrected chi connectivity index (χ4v) is 3.02. The maximum atomic E-state index is 11.6. The molecule has 1 fully saturated rings. The summed E-state index contributed by atoms with van der Waals surface area (Å²) in [6.45, 7) is 4.04. The van der Waals surface area contributed by atoms with Gasteiger partial charge in [0.05, 0.1) is 5.69 Å². The van der Waals surface area contributed by atoms with Crippen molar-refractivity contribution >= 4 is 12.1 Å². The van der Waals surface area contributed by atoms with Gasteiger partial charge < -0.3 is 0 Å². The van der Waals surface area contributed by atoms with Gasteiger partial charge in [0, 0.05) is 25.5 Å². The van der Waals surface area contributed by atoms with Crippen molar-refractivity contribution in [1.29, 1.82) is 0 Å². The minimum atomic E-state index is 0.919. The molecule has 0 radical (unpaired) electrons. The molecule has 2 aromatic rings. The van der Waals surface area contributed by atoms with E-state index in [4.69, 9.17) is 0 Å². The monoisotopic (exact) mass is 295 g/mol. The number of hydrogen-bond acceptors (Lipinski definition) is 3. The number of anilines is 1. The Morgan fingerprint density at radius 2 is 1.91 bits per heavy atom. The van der Waals surface area contributed by atoms with Gasteiger partial charge in [0.15, 0.2) is 0 Å². The van der Waals surface area contributed by atoms with Crippen LogP contribution in [0.25, 0.3) is 11.1 Å². The third-order valence-corrected chi connectivity index (χ3v) is 4.22. The van der Waals surface area contributed by atoms with Crippen LogP contribution in [0.3, 0.4) is 0 Å². The number of nitrogens with zero attached hydrogens (tertiary/aromatic N) is 3. The van der Waals surface area contributed by atoms with Crippen molar-refractivity contribution in [2.45, 2.75) is 26.2 Å². The number of carbonyl (C=O) groups is 1. The molecule has 0 saturated carbocycles. The molecule has 0 aliphatic carbocycles. The molecule has 1 amide bonds. The molecule has 22 heavy (non-hydrogen) atoms. The SMILES string of the molecule is CCc1ccc(N(C=O)N2CCCC2)cc1-c1ccncc1. The number of hydrogen-bond donors (Lipinski definition) is 0. The number of pyridine rings is 1. The highest BCUT2D eigenvalue weighted by Crippen LogP contribution is 2.29. The summed E-state index contributed by atoms with van der Waals surface area (Å²) >= 11 is 0. The topological polar surface area (TPSA) is 36.4 Å². The van der Waals surface area contributed by atoms with E-state index in [1.807, 2.05) is 18.2 Å². The van der Waals surface area contributed by atoms with Crippen LogP contribution in [0.15, 0.2) is 42.7 Å². The zero-order chi connectivity index (χ0) is 15.4. The van der Waals surface area contributed by atoms with E-state index in [0.29, 0.717) is 0 Å². The quantitative estimate of drug-likeness (QED) is 0.794. The molecule has 0 N–H and O–H groups in total. The van der Waals surface area contributed by atoms with E-state index in [2.05, 4.69) is 29.0 Å². The second-order valence-electron chi connectivity index (χ2n) is 5.54. The fourth-order valence-electron chi connectivity index (χ4n) is 3.02. The molecule has 1 aliphatic heterocycles. The molecule has 0 bridgehead atoms. The second kappa shape index (κ2) is 6.71. The zero-order valence-electron chi connectivity index (χ0n) is 12.9. The molecule has 4 nitrogen and oxygen atoms in total. The molecule has 114 valence electrons. The van der Waals surface area contributed by atoms with Gasteiger partial charge in [-0.05, 0) is 60.2 Å². The fraction of sp³-hybridized carbons (Fsp3) is 0.333. The molecular weight excluding hydrogens is 274 g/mol. The summed E-state index contributed by atoms with van der Waals surface area (Å²) in [4.78, 5) is 15.7. The Morgan fingerprint density at radius 3 is 2.55 bits per heavy atom. The maximum absolute atomic E-state index is 11.6. The normalized spacial score (nSPS) is 15.0. The summed E-state index contributed by atoms with van der Waals surface area (Å²) in [5.74, 6) is 0. The molecule has 1 aliphatic rings. The highest BCUT2D eigenvalue weighted by atomic mass is 16.1. The number of aromatic nitrogens is 1. The highest BCUT2D eigenvalue weighted by molar-refractivity contribution is 5.79. The first kappa shape index (κ1) is 14.7. The Balaban J connectivity index is 2.01. The predicted octanol–water partition coefficient (Wildman–Crippen LogP) is 3.28. The first-order valence-corrected chi connectivity index (χ1v) is 7.86. The van der Waals surface area contributed by atoms with E-state index in [1.165, 1.54) is 11.1 Å². The third-order valence-electron chi connectivity index (χ3n) is 4.22. The minimum absolute atomic E-state index is 0.919. The number of aryl methyl sites for hydroxylation is 1. The molecule has 1 aromatic carbocycles. The minimum Gasteiger partial charge on any atom is -0.277 e. The molecule has 3 rings (SSSR count). The van der Waals surface area contributed by atoms with E-state index in [0.717, 1.165) is 50.0 Å². The first-order valence-electron chi connectivity index (χ1n) is 7.86. The lowest BCUT2D eigenvalue weighted by Crippen LogP contribution is -2.39. The Hall–Kier alpha value is -2.20. The van der Waals surface area contributed by atoms with Gasteiger partial charge in [0.2, 0.25) is 6.41 Å². The van der Waals surface area contributed by atoms with Gasteiger partial charge in [0.25, 0.3) is 0 Å². The number of carbonyl (C=O) groups excluding carboxylic acids is 1. The molecule has 4 heteroatoms. The molecule has 1 saturated heterocycles. The van der Waals surface area contributed by atoms with Gasteiger partial charge in [-0.2, -0.15) is 0 Å². The lowest BCUT2D eigenvalue weighted by molar-refractivity contribution is -0.109. The van der Waals surface area contributed by atoms with Crippen LogP contribution in [-0.4, -0.2) is 29.5 Å². The van der Waals surface area contributed by atoms with Gasteiger partial charge in [0.1, 0.15) is 0 Å². The molecule has 1 aromatic heterocycles. The number of rotatable bonds is 5. The van der Waals surface area contributed by atoms with Crippen LogP contribution in [0.5, 0.6) is 0 Å². The number of amides is 1. The van der Waals surface area contributed by atoms with Crippen molar-refractivity contribution in [1.82, 2.24) is 9.99 Å². The van der Waals surface area contributed by atoms with E-state index in [9.17, 15) is 4.79 Å². The van der Waals surface area contributed by atoms with Crippen molar-refractivity contribution in [3.8, 4) is 11.1 Å². The lowest BCUT2D eigenvalue weighted by atomic mass is 9.98. The van der Waals surface area contributed by atoms with Crippen molar-refractivity contribution in [2.75, 3.05) is 18.1 Å². The lowest BCUT2D eigenvalue weighted by Gasteiger charge is -2.28.